The van der Waals surface area contributed by atoms with Gasteiger partial charge in [0.15, 0.2) is 0 Å². The average molecular weight is 434 g/mol. The van der Waals surface area contributed by atoms with Crippen molar-refractivity contribution in [2.45, 2.75) is 19.8 Å². The van der Waals surface area contributed by atoms with E-state index >= 15 is 0 Å². The molecule has 0 bridgehead atoms. The summed E-state index contributed by atoms with van der Waals surface area (Å²) in [6.45, 7) is 11.1. The van der Waals surface area contributed by atoms with Crippen LogP contribution >= 0.6 is 0 Å². The molecule has 32 heavy (non-hydrogen) atoms. The third-order valence-corrected chi connectivity index (χ3v) is 6.17. The lowest BCUT2D eigenvalue weighted by molar-refractivity contribution is 0.122. The lowest BCUT2D eigenvalue weighted by Crippen LogP contribution is -2.36. The van der Waals surface area contributed by atoms with Gasteiger partial charge in [0.2, 0.25) is 0 Å². The molecule has 0 unspecified atom stereocenters. The number of pyridine rings is 1. The Balaban J connectivity index is 1.44. The van der Waals surface area contributed by atoms with Crippen LogP contribution in [0.2, 0.25) is 0 Å². The number of nitrogens with zero attached hydrogens (tertiary/aromatic N) is 5. The number of hydrogen-bond acceptors (Lipinski definition) is 6. The highest BCUT2D eigenvalue weighted by atomic mass is 16.5. The quantitative estimate of drug-likeness (QED) is 0.611. The molecular formula is C25H31N5O2. The van der Waals surface area contributed by atoms with Crippen molar-refractivity contribution in [3.05, 3.63) is 54.5 Å². The minimum Gasteiger partial charge on any atom is -0.378 e. The molecule has 0 radical (unpaired) electrons. The van der Waals surface area contributed by atoms with Crippen molar-refractivity contribution in [3.63, 3.8) is 0 Å². The van der Waals surface area contributed by atoms with Crippen LogP contribution in [0, 0.1) is 0 Å². The van der Waals surface area contributed by atoms with E-state index in [1.165, 1.54) is 16.8 Å². The molecule has 0 amide bonds. The van der Waals surface area contributed by atoms with Crippen molar-refractivity contribution in [2.75, 3.05) is 62.4 Å². The van der Waals surface area contributed by atoms with Crippen LogP contribution in [-0.2, 0) is 9.47 Å². The van der Waals surface area contributed by atoms with Gasteiger partial charge in [-0.2, -0.15) is 5.10 Å². The van der Waals surface area contributed by atoms with E-state index in [2.05, 4.69) is 65.2 Å². The molecule has 7 heteroatoms. The molecular weight excluding hydrogens is 402 g/mol. The zero-order valence-corrected chi connectivity index (χ0v) is 18.9. The van der Waals surface area contributed by atoms with Crippen LogP contribution in [-0.4, -0.2) is 67.4 Å². The van der Waals surface area contributed by atoms with Gasteiger partial charge in [-0.15, -0.1) is 0 Å². The van der Waals surface area contributed by atoms with E-state index in [-0.39, 0.29) is 0 Å². The highest BCUT2D eigenvalue weighted by molar-refractivity contribution is 5.69. The van der Waals surface area contributed by atoms with Crippen LogP contribution in [0.5, 0.6) is 0 Å². The van der Waals surface area contributed by atoms with Gasteiger partial charge in [-0.05, 0) is 29.7 Å². The largest absolute Gasteiger partial charge is 0.378 e. The molecule has 3 aromatic rings. The maximum atomic E-state index is 5.48. The van der Waals surface area contributed by atoms with Crippen LogP contribution in [0.15, 0.2) is 48.8 Å². The van der Waals surface area contributed by atoms with E-state index in [1.54, 1.807) is 0 Å². The minimum atomic E-state index is 0.325. The van der Waals surface area contributed by atoms with E-state index in [1.807, 2.05) is 16.9 Å². The molecule has 2 saturated heterocycles. The molecule has 2 aromatic heterocycles. The second kappa shape index (κ2) is 9.30. The second-order valence-electron chi connectivity index (χ2n) is 8.65. The SMILES string of the molecule is CC(C)c1nn(-c2ccnc(N3CCOCC3)c2)cc1-c1ccc(N2CCOCC2)cc1. The molecule has 5 rings (SSSR count). The number of hydrogen-bond donors (Lipinski definition) is 0. The van der Waals surface area contributed by atoms with Gasteiger partial charge in [0.25, 0.3) is 0 Å². The number of benzene rings is 1. The van der Waals surface area contributed by atoms with Crippen LogP contribution < -0.4 is 9.80 Å². The number of morpholine rings is 2. The Labute approximate surface area is 189 Å². The second-order valence-corrected chi connectivity index (χ2v) is 8.65. The van der Waals surface area contributed by atoms with Crippen LogP contribution in [0.25, 0.3) is 16.8 Å². The van der Waals surface area contributed by atoms with Crippen LogP contribution in [0.1, 0.15) is 25.5 Å². The molecule has 2 aliphatic rings. The van der Waals surface area contributed by atoms with E-state index in [9.17, 15) is 0 Å². The Bertz CT molecular complexity index is 1030. The van der Waals surface area contributed by atoms with Crippen LogP contribution in [0.3, 0.4) is 0 Å². The number of rotatable bonds is 5. The number of ether oxygens (including phenoxy) is 2. The normalized spacial score (nSPS) is 17.2. The Hall–Kier alpha value is -2.90. The van der Waals surface area contributed by atoms with Gasteiger partial charge in [-0.1, -0.05) is 26.0 Å². The van der Waals surface area contributed by atoms with Gasteiger partial charge in [-0.3, -0.25) is 0 Å². The summed E-state index contributed by atoms with van der Waals surface area (Å²) in [5.74, 6) is 1.30. The molecule has 0 atom stereocenters. The van der Waals surface area contributed by atoms with Crippen molar-refractivity contribution in [1.82, 2.24) is 14.8 Å². The lowest BCUT2D eigenvalue weighted by atomic mass is 10.00. The van der Waals surface area contributed by atoms with Crippen molar-refractivity contribution >= 4 is 11.5 Å². The predicted molar refractivity (Wildman–Crippen MR) is 127 cm³/mol. The minimum absolute atomic E-state index is 0.325. The molecule has 2 aliphatic heterocycles. The molecule has 2 fully saturated rings. The third-order valence-electron chi connectivity index (χ3n) is 6.17. The van der Waals surface area contributed by atoms with Crippen molar-refractivity contribution < 1.29 is 9.47 Å². The van der Waals surface area contributed by atoms with E-state index < -0.39 is 0 Å². The summed E-state index contributed by atoms with van der Waals surface area (Å²) in [6, 6.07) is 13.0. The molecule has 0 saturated carbocycles. The van der Waals surface area contributed by atoms with Gasteiger partial charge in [0, 0.05) is 55.9 Å². The summed E-state index contributed by atoms with van der Waals surface area (Å²) in [4.78, 5) is 9.23. The maximum absolute atomic E-state index is 5.48. The number of anilines is 2. The first-order valence-electron chi connectivity index (χ1n) is 11.5. The van der Waals surface area contributed by atoms with E-state index in [0.717, 1.165) is 69.8 Å². The fourth-order valence-corrected chi connectivity index (χ4v) is 4.36. The first-order chi connectivity index (χ1) is 15.7. The topological polar surface area (TPSA) is 55.7 Å². The van der Waals surface area contributed by atoms with Crippen molar-refractivity contribution in [2.24, 2.45) is 0 Å². The summed E-state index contributed by atoms with van der Waals surface area (Å²) < 4.78 is 13.0. The highest BCUT2D eigenvalue weighted by Crippen LogP contribution is 2.31. The Morgan fingerprint density at radius 1 is 0.812 bits per heavy atom. The molecule has 0 N–H and O–H groups in total. The first-order valence-corrected chi connectivity index (χ1v) is 11.5. The Kier molecular flexibility index (Phi) is 6.10. The highest BCUT2D eigenvalue weighted by Gasteiger charge is 2.18. The zero-order valence-electron chi connectivity index (χ0n) is 18.9. The maximum Gasteiger partial charge on any atom is 0.130 e. The third kappa shape index (κ3) is 4.36. The summed E-state index contributed by atoms with van der Waals surface area (Å²) in [7, 11) is 0. The molecule has 0 aliphatic carbocycles. The first kappa shape index (κ1) is 21.0. The Morgan fingerprint density at radius 3 is 2.12 bits per heavy atom. The van der Waals surface area contributed by atoms with Crippen molar-refractivity contribution in [1.29, 1.82) is 0 Å². The fourth-order valence-electron chi connectivity index (χ4n) is 4.36. The fraction of sp³-hybridized carbons (Fsp3) is 0.440. The van der Waals surface area contributed by atoms with Crippen molar-refractivity contribution in [3.8, 4) is 16.8 Å². The molecule has 0 spiro atoms. The summed E-state index contributed by atoms with van der Waals surface area (Å²) >= 11 is 0. The monoisotopic (exact) mass is 433 g/mol. The lowest BCUT2D eigenvalue weighted by Gasteiger charge is -2.28. The van der Waals surface area contributed by atoms with Gasteiger partial charge in [0.1, 0.15) is 5.82 Å². The molecule has 7 nitrogen and oxygen atoms in total. The standard InChI is InChI=1S/C25H31N5O2/c1-19(2)25-23(20-3-5-21(6-4-20)28-9-13-31-14-10-28)18-30(27-25)22-7-8-26-24(17-22)29-11-15-32-16-12-29/h3-8,17-19H,9-16H2,1-2H3. The smallest absolute Gasteiger partial charge is 0.130 e. The molecule has 1 aromatic carbocycles. The summed E-state index contributed by atoms with van der Waals surface area (Å²) in [5, 5.41) is 4.97. The average Bonchev–Trinajstić information content (AvgIpc) is 3.31. The predicted octanol–water partition coefficient (Wildman–Crippen LogP) is 3.73. The van der Waals surface area contributed by atoms with Gasteiger partial charge >= 0.3 is 0 Å². The number of aromatic nitrogens is 3. The molecule has 4 heterocycles. The van der Waals surface area contributed by atoms with Gasteiger partial charge in [0.05, 0.1) is 37.8 Å². The van der Waals surface area contributed by atoms with Gasteiger partial charge < -0.3 is 19.3 Å². The summed E-state index contributed by atoms with van der Waals surface area (Å²) in [6.07, 6.45) is 4.02. The Morgan fingerprint density at radius 2 is 1.47 bits per heavy atom. The van der Waals surface area contributed by atoms with E-state index in [4.69, 9.17) is 14.6 Å². The zero-order chi connectivity index (χ0) is 21.9. The van der Waals surface area contributed by atoms with Crippen LogP contribution in [0.4, 0.5) is 11.5 Å². The van der Waals surface area contributed by atoms with Gasteiger partial charge in [-0.25, -0.2) is 9.67 Å². The van der Waals surface area contributed by atoms with E-state index in [0.29, 0.717) is 5.92 Å². The summed E-state index contributed by atoms with van der Waals surface area (Å²) in [5.41, 5.74) is 5.76. The molecule has 168 valence electrons.